The lowest BCUT2D eigenvalue weighted by atomic mass is 10.2. The number of carbonyl (C=O) groups excluding carboxylic acids is 1. The number of carbonyl (C=O) groups is 1. The third kappa shape index (κ3) is 5.27. The van der Waals surface area contributed by atoms with Gasteiger partial charge in [0.1, 0.15) is 5.75 Å². The Morgan fingerprint density at radius 3 is 2.59 bits per heavy atom. The van der Waals surface area contributed by atoms with Crippen LogP contribution in [0.25, 0.3) is 0 Å². The van der Waals surface area contributed by atoms with Gasteiger partial charge in [0.15, 0.2) is 5.82 Å². The summed E-state index contributed by atoms with van der Waals surface area (Å²) in [4.78, 5) is 21.2. The third-order valence-electron chi connectivity index (χ3n) is 4.57. The average molecular weight is 373 g/mol. The van der Waals surface area contributed by atoms with Gasteiger partial charge in [-0.05, 0) is 12.1 Å². The first kappa shape index (κ1) is 19.3. The lowest BCUT2D eigenvalue weighted by molar-refractivity contribution is -0.117. The molecule has 1 aliphatic heterocycles. The first-order valence-electron chi connectivity index (χ1n) is 9.25. The number of rotatable bonds is 7. The van der Waals surface area contributed by atoms with Gasteiger partial charge in [-0.1, -0.05) is 31.1 Å². The summed E-state index contributed by atoms with van der Waals surface area (Å²) in [5, 5.41) is 6.92. The van der Waals surface area contributed by atoms with Gasteiger partial charge in [0.25, 0.3) is 0 Å². The van der Waals surface area contributed by atoms with E-state index >= 15 is 0 Å². The number of hydrogen-bond acceptors (Lipinski definition) is 7. The van der Waals surface area contributed by atoms with Crippen LogP contribution in [-0.2, 0) is 11.3 Å². The van der Waals surface area contributed by atoms with E-state index in [1.165, 1.54) is 0 Å². The maximum atomic E-state index is 12.3. The van der Waals surface area contributed by atoms with E-state index in [-0.39, 0.29) is 11.8 Å². The molecule has 8 nitrogen and oxygen atoms in total. The minimum atomic E-state index is -0.0357. The molecule has 2 heterocycles. The average Bonchev–Trinajstić information content (AvgIpc) is 3.12. The van der Waals surface area contributed by atoms with E-state index in [9.17, 15) is 4.79 Å². The molecule has 1 amide bonds. The van der Waals surface area contributed by atoms with Crippen molar-refractivity contribution in [3.05, 3.63) is 36.0 Å². The molecule has 146 valence electrons. The van der Waals surface area contributed by atoms with Crippen molar-refractivity contribution < 1.29 is 14.1 Å². The Morgan fingerprint density at radius 1 is 1.22 bits per heavy atom. The Hall–Kier alpha value is -2.45. The quantitative estimate of drug-likeness (QED) is 0.794. The summed E-state index contributed by atoms with van der Waals surface area (Å²) in [5.74, 6) is 2.29. The monoisotopic (exact) mass is 373 g/mol. The second-order valence-electron chi connectivity index (χ2n) is 7.00. The predicted octanol–water partition coefficient (Wildman–Crippen LogP) is 1.96. The molecule has 1 aliphatic rings. The molecule has 0 radical (unpaired) electrons. The molecule has 1 N–H and O–H groups in total. The Kier molecular flexibility index (Phi) is 6.41. The van der Waals surface area contributed by atoms with E-state index in [0.29, 0.717) is 30.4 Å². The minimum absolute atomic E-state index is 0.0357. The van der Waals surface area contributed by atoms with Crippen LogP contribution in [0.4, 0.5) is 5.69 Å². The van der Waals surface area contributed by atoms with Gasteiger partial charge in [0.05, 0.1) is 25.9 Å². The molecular weight excluding hydrogens is 346 g/mol. The molecule has 0 saturated carbocycles. The van der Waals surface area contributed by atoms with E-state index in [1.807, 2.05) is 38.1 Å². The van der Waals surface area contributed by atoms with Crippen molar-refractivity contribution in [2.75, 3.05) is 45.2 Å². The molecule has 27 heavy (non-hydrogen) atoms. The highest BCUT2D eigenvalue weighted by Crippen LogP contribution is 2.22. The van der Waals surface area contributed by atoms with E-state index in [2.05, 4.69) is 25.3 Å². The number of benzene rings is 1. The van der Waals surface area contributed by atoms with E-state index in [1.54, 1.807) is 7.11 Å². The molecule has 8 heteroatoms. The van der Waals surface area contributed by atoms with Crippen LogP contribution < -0.4 is 10.1 Å². The topological polar surface area (TPSA) is 83.7 Å². The van der Waals surface area contributed by atoms with E-state index < -0.39 is 0 Å². The number of anilines is 1. The van der Waals surface area contributed by atoms with Crippen LogP contribution in [0.2, 0.25) is 0 Å². The van der Waals surface area contributed by atoms with Crippen molar-refractivity contribution in [1.29, 1.82) is 0 Å². The number of amides is 1. The maximum absolute atomic E-state index is 12.3. The van der Waals surface area contributed by atoms with Crippen molar-refractivity contribution in [1.82, 2.24) is 19.9 Å². The fourth-order valence-corrected chi connectivity index (χ4v) is 3.00. The Bertz CT molecular complexity index is 753. The molecule has 1 saturated heterocycles. The number of hydrogen-bond donors (Lipinski definition) is 1. The summed E-state index contributed by atoms with van der Waals surface area (Å²) in [5.41, 5.74) is 0.695. The number of piperazine rings is 1. The van der Waals surface area contributed by atoms with Crippen molar-refractivity contribution >= 4 is 11.6 Å². The summed E-state index contributed by atoms with van der Waals surface area (Å²) in [6, 6.07) is 7.42. The molecule has 1 aromatic carbocycles. The molecule has 0 spiro atoms. The molecule has 0 atom stereocenters. The number of para-hydroxylation sites is 2. The lowest BCUT2D eigenvalue weighted by Crippen LogP contribution is -2.48. The van der Waals surface area contributed by atoms with Gasteiger partial charge in [-0.3, -0.25) is 14.6 Å². The molecule has 3 rings (SSSR count). The zero-order valence-electron chi connectivity index (χ0n) is 16.1. The standard InChI is InChI=1S/C19H27N5O3/c1-14(2)19-21-18(27-22-19)13-24-10-8-23(9-11-24)12-17(25)20-15-6-4-5-7-16(15)26-3/h4-7,14H,8-13H2,1-3H3,(H,20,25). The molecular formula is C19H27N5O3. The fraction of sp³-hybridized carbons (Fsp3) is 0.526. The van der Waals surface area contributed by atoms with Crippen LogP contribution >= 0.6 is 0 Å². The van der Waals surface area contributed by atoms with Gasteiger partial charge in [0, 0.05) is 32.1 Å². The normalized spacial score (nSPS) is 15.9. The highest BCUT2D eigenvalue weighted by atomic mass is 16.5. The summed E-state index contributed by atoms with van der Waals surface area (Å²) in [7, 11) is 1.59. The summed E-state index contributed by atoms with van der Waals surface area (Å²) in [6.07, 6.45) is 0. The van der Waals surface area contributed by atoms with Gasteiger partial charge < -0.3 is 14.6 Å². The van der Waals surface area contributed by atoms with Gasteiger partial charge >= 0.3 is 0 Å². The van der Waals surface area contributed by atoms with Crippen molar-refractivity contribution in [3.63, 3.8) is 0 Å². The number of nitrogens with zero attached hydrogens (tertiary/aromatic N) is 4. The van der Waals surface area contributed by atoms with Gasteiger partial charge in [-0.2, -0.15) is 4.98 Å². The fourth-order valence-electron chi connectivity index (χ4n) is 3.00. The number of nitrogens with one attached hydrogen (secondary N) is 1. The summed E-state index contributed by atoms with van der Waals surface area (Å²) in [6.45, 7) is 8.48. The second-order valence-corrected chi connectivity index (χ2v) is 7.00. The molecule has 1 aromatic heterocycles. The van der Waals surface area contributed by atoms with Crippen LogP contribution in [0, 0.1) is 0 Å². The van der Waals surface area contributed by atoms with Crippen LogP contribution in [0.3, 0.4) is 0 Å². The largest absolute Gasteiger partial charge is 0.495 e. The number of ether oxygens (including phenoxy) is 1. The molecule has 0 bridgehead atoms. The van der Waals surface area contributed by atoms with Crippen molar-refractivity contribution in [2.24, 2.45) is 0 Å². The van der Waals surface area contributed by atoms with Crippen molar-refractivity contribution in [3.8, 4) is 5.75 Å². The Labute approximate surface area is 159 Å². The predicted molar refractivity (Wildman–Crippen MR) is 102 cm³/mol. The Balaban J connectivity index is 1.44. The molecule has 0 aliphatic carbocycles. The van der Waals surface area contributed by atoms with Crippen LogP contribution in [-0.4, -0.2) is 65.7 Å². The first-order chi connectivity index (χ1) is 13.0. The smallest absolute Gasteiger partial charge is 0.240 e. The zero-order valence-corrected chi connectivity index (χ0v) is 16.1. The Morgan fingerprint density at radius 2 is 1.93 bits per heavy atom. The maximum Gasteiger partial charge on any atom is 0.240 e. The number of methoxy groups -OCH3 is 1. The zero-order chi connectivity index (χ0) is 19.2. The minimum Gasteiger partial charge on any atom is -0.495 e. The SMILES string of the molecule is COc1ccccc1NC(=O)CN1CCN(Cc2nc(C(C)C)no2)CC1. The van der Waals surface area contributed by atoms with Crippen LogP contribution in [0.5, 0.6) is 5.75 Å². The first-order valence-corrected chi connectivity index (χ1v) is 9.25. The van der Waals surface area contributed by atoms with Gasteiger partial charge in [-0.15, -0.1) is 0 Å². The highest BCUT2D eigenvalue weighted by molar-refractivity contribution is 5.93. The van der Waals surface area contributed by atoms with Crippen molar-refractivity contribution in [2.45, 2.75) is 26.3 Å². The molecule has 1 fully saturated rings. The highest BCUT2D eigenvalue weighted by Gasteiger charge is 2.21. The van der Waals surface area contributed by atoms with Crippen LogP contribution in [0.1, 0.15) is 31.5 Å². The summed E-state index contributed by atoms with van der Waals surface area (Å²) >= 11 is 0. The van der Waals surface area contributed by atoms with E-state index in [0.717, 1.165) is 32.0 Å². The second kappa shape index (κ2) is 8.96. The summed E-state index contributed by atoms with van der Waals surface area (Å²) < 4.78 is 10.6. The molecule has 0 unspecified atom stereocenters. The lowest BCUT2D eigenvalue weighted by Gasteiger charge is -2.33. The van der Waals surface area contributed by atoms with E-state index in [4.69, 9.17) is 9.26 Å². The van der Waals surface area contributed by atoms with Gasteiger partial charge in [-0.25, -0.2) is 0 Å². The number of aromatic nitrogens is 2. The van der Waals surface area contributed by atoms with Crippen LogP contribution in [0.15, 0.2) is 28.8 Å². The molecule has 2 aromatic rings. The van der Waals surface area contributed by atoms with Gasteiger partial charge in [0.2, 0.25) is 11.8 Å². The third-order valence-corrected chi connectivity index (χ3v) is 4.57.